The van der Waals surface area contributed by atoms with Crippen molar-refractivity contribution in [3.05, 3.63) is 40.3 Å². The number of benzene rings is 1. The molecule has 1 aliphatic rings. The average Bonchev–Trinajstić information content (AvgIpc) is 2.38. The number of ether oxygens (including phenoxy) is 1. The van der Waals surface area contributed by atoms with Crippen molar-refractivity contribution < 1.29 is 9.84 Å². The molecule has 1 saturated heterocycles. The third-order valence-electron chi connectivity index (χ3n) is 3.16. The summed E-state index contributed by atoms with van der Waals surface area (Å²) in [7, 11) is 0. The van der Waals surface area contributed by atoms with Gasteiger partial charge in [-0.25, -0.2) is 0 Å². The molecule has 6 heteroatoms. The molecule has 1 heterocycles. The number of aliphatic hydroxyl groups is 1. The molecule has 2 rings (SSSR count). The van der Waals surface area contributed by atoms with E-state index in [4.69, 9.17) is 10.3 Å². The minimum atomic E-state index is -0.731. The van der Waals surface area contributed by atoms with E-state index in [1.54, 1.807) is 18.7 Å². The van der Waals surface area contributed by atoms with E-state index in [-0.39, 0.29) is 11.5 Å². The fourth-order valence-electron chi connectivity index (χ4n) is 2.05. The van der Waals surface area contributed by atoms with E-state index in [2.05, 4.69) is 10.0 Å². The van der Waals surface area contributed by atoms with Crippen molar-refractivity contribution in [2.75, 3.05) is 0 Å². The summed E-state index contributed by atoms with van der Waals surface area (Å²) >= 11 is 1.59. The maximum absolute atomic E-state index is 9.89. The number of azide groups is 1. The van der Waals surface area contributed by atoms with Crippen LogP contribution in [0.1, 0.15) is 18.9 Å². The molecule has 0 amide bonds. The first-order chi connectivity index (χ1) is 9.10. The molecule has 0 aliphatic carbocycles. The molecule has 0 spiro atoms. The van der Waals surface area contributed by atoms with Gasteiger partial charge < -0.3 is 9.84 Å². The highest BCUT2D eigenvalue weighted by Gasteiger charge is 2.35. The van der Waals surface area contributed by atoms with Gasteiger partial charge in [-0.2, -0.15) is 0 Å². The van der Waals surface area contributed by atoms with Gasteiger partial charge >= 0.3 is 0 Å². The Kier molecular flexibility index (Phi) is 4.71. The maximum atomic E-state index is 9.89. The van der Waals surface area contributed by atoms with Crippen molar-refractivity contribution in [2.24, 2.45) is 5.11 Å². The summed E-state index contributed by atoms with van der Waals surface area (Å²) < 4.78 is 5.74. The summed E-state index contributed by atoms with van der Waals surface area (Å²) in [5.41, 5.74) is 9.64. The van der Waals surface area contributed by atoms with Crippen LogP contribution in [0, 0.1) is 6.92 Å². The molecule has 0 unspecified atom stereocenters. The molecule has 1 aliphatic heterocycles. The van der Waals surface area contributed by atoms with Crippen LogP contribution in [0.25, 0.3) is 10.4 Å². The third kappa shape index (κ3) is 3.64. The van der Waals surface area contributed by atoms with Crippen molar-refractivity contribution in [3.63, 3.8) is 0 Å². The molecule has 0 radical (unpaired) electrons. The number of aryl methyl sites for hydroxylation is 1. The number of hydrogen-bond donors (Lipinski definition) is 1. The molecule has 1 N–H and O–H groups in total. The van der Waals surface area contributed by atoms with Gasteiger partial charge in [-0.05, 0) is 37.9 Å². The highest BCUT2D eigenvalue weighted by Crippen LogP contribution is 2.34. The zero-order valence-corrected chi connectivity index (χ0v) is 11.7. The Balaban J connectivity index is 2.04. The van der Waals surface area contributed by atoms with E-state index in [0.717, 1.165) is 4.90 Å². The molecule has 1 fully saturated rings. The molecule has 1 aromatic rings. The minimum absolute atomic E-state index is 0.100. The lowest BCUT2D eigenvalue weighted by Crippen LogP contribution is -2.44. The van der Waals surface area contributed by atoms with Crippen LogP contribution in [0.2, 0.25) is 0 Å². The Morgan fingerprint density at radius 3 is 2.74 bits per heavy atom. The molecular weight excluding hydrogens is 262 g/mol. The first-order valence-corrected chi connectivity index (χ1v) is 7.09. The van der Waals surface area contributed by atoms with Gasteiger partial charge in [-0.3, -0.25) is 0 Å². The van der Waals surface area contributed by atoms with Crippen LogP contribution in [-0.2, 0) is 4.74 Å². The maximum Gasteiger partial charge on any atom is 0.108 e. The summed E-state index contributed by atoms with van der Waals surface area (Å²) in [5, 5.41) is 13.5. The van der Waals surface area contributed by atoms with E-state index in [1.807, 2.05) is 31.2 Å². The van der Waals surface area contributed by atoms with Gasteiger partial charge in [0.05, 0.1) is 18.2 Å². The Morgan fingerprint density at radius 2 is 2.11 bits per heavy atom. The van der Waals surface area contributed by atoms with Gasteiger partial charge in [0.25, 0.3) is 0 Å². The second-order valence-corrected chi connectivity index (χ2v) is 5.93. The third-order valence-corrected chi connectivity index (χ3v) is 4.27. The summed E-state index contributed by atoms with van der Waals surface area (Å²) in [4.78, 5) is 3.91. The monoisotopic (exact) mass is 279 g/mol. The van der Waals surface area contributed by atoms with E-state index in [1.165, 1.54) is 5.56 Å². The molecule has 19 heavy (non-hydrogen) atoms. The van der Waals surface area contributed by atoms with Crippen molar-refractivity contribution in [2.45, 2.75) is 48.8 Å². The van der Waals surface area contributed by atoms with Crippen molar-refractivity contribution >= 4 is 11.8 Å². The minimum Gasteiger partial charge on any atom is -0.390 e. The molecule has 0 saturated carbocycles. The van der Waals surface area contributed by atoms with Crippen LogP contribution >= 0.6 is 11.8 Å². The number of hydrogen-bond acceptors (Lipinski definition) is 4. The number of thioether (sulfide) groups is 1. The smallest absolute Gasteiger partial charge is 0.108 e. The second kappa shape index (κ2) is 6.30. The van der Waals surface area contributed by atoms with Crippen LogP contribution in [-0.4, -0.2) is 28.8 Å². The molecule has 102 valence electrons. The topological polar surface area (TPSA) is 78.2 Å². The van der Waals surface area contributed by atoms with Gasteiger partial charge in [-0.1, -0.05) is 34.6 Å². The van der Waals surface area contributed by atoms with Crippen LogP contribution in [0.4, 0.5) is 0 Å². The number of nitrogens with zero attached hydrogens (tertiary/aromatic N) is 3. The summed E-state index contributed by atoms with van der Waals surface area (Å²) in [6.07, 6.45) is -0.536. The summed E-state index contributed by atoms with van der Waals surface area (Å²) in [6.45, 7) is 3.84. The zero-order valence-electron chi connectivity index (χ0n) is 10.9. The lowest BCUT2D eigenvalue weighted by atomic mass is 10.0. The van der Waals surface area contributed by atoms with Crippen molar-refractivity contribution in [1.29, 1.82) is 0 Å². The van der Waals surface area contributed by atoms with Crippen LogP contribution in [0.15, 0.2) is 34.3 Å². The molecule has 0 bridgehead atoms. The standard InChI is InChI=1S/C13H17N3O2S/c1-8-3-5-10(6-4-8)19-12-7-11(15-16-14)13(17)9(2)18-12/h3-6,9,11-13,17H,7H2,1-2H3/t9-,11+,12-,13-/m0/s1. The summed E-state index contributed by atoms with van der Waals surface area (Å²) in [5.74, 6) is 0. The van der Waals surface area contributed by atoms with E-state index in [9.17, 15) is 5.11 Å². The van der Waals surface area contributed by atoms with Crippen molar-refractivity contribution in [3.8, 4) is 0 Å². The van der Waals surface area contributed by atoms with Gasteiger partial charge in [-0.15, -0.1) is 0 Å². The van der Waals surface area contributed by atoms with Crippen LogP contribution in [0.3, 0.4) is 0 Å². The fourth-order valence-corrected chi connectivity index (χ4v) is 3.17. The van der Waals surface area contributed by atoms with Crippen LogP contribution < -0.4 is 0 Å². The number of aliphatic hydroxyl groups excluding tert-OH is 1. The van der Waals surface area contributed by atoms with Gasteiger partial charge in [0.2, 0.25) is 0 Å². The first-order valence-electron chi connectivity index (χ1n) is 6.21. The van der Waals surface area contributed by atoms with E-state index in [0.29, 0.717) is 6.42 Å². The lowest BCUT2D eigenvalue weighted by molar-refractivity contribution is -0.0866. The molecule has 5 nitrogen and oxygen atoms in total. The highest BCUT2D eigenvalue weighted by atomic mass is 32.2. The molecule has 1 aromatic carbocycles. The highest BCUT2D eigenvalue weighted by molar-refractivity contribution is 7.99. The largest absolute Gasteiger partial charge is 0.390 e. The molecule has 4 atom stereocenters. The lowest BCUT2D eigenvalue weighted by Gasteiger charge is -2.35. The normalized spacial score (nSPS) is 30.7. The molecular formula is C13H17N3O2S. The Morgan fingerprint density at radius 1 is 1.42 bits per heavy atom. The zero-order chi connectivity index (χ0) is 13.8. The Hall–Kier alpha value is -1.20. The van der Waals surface area contributed by atoms with Crippen molar-refractivity contribution in [1.82, 2.24) is 0 Å². The van der Waals surface area contributed by atoms with E-state index >= 15 is 0 Å². The molecule has 0 aromatic heterocycles. The SMILES string of the molecule is Cc1ccc(S[C@H]2C[C@@H](N=[N+]=[N-])[C@@H](O)[C@H](C)O2)cc1. The number of rotatable bonds is 3. The van der Waals surface area contributed by atoms with Gasteiger partial charge in [0.1, 0.15) is 5.44 Å². The van der Waals surface area contributed by atoms with Gasteiger partial charge in [0.15, 0.2) is 0 Å². The first kappa shape index (κ1) is 14.2. The van der Waals surface area contributed by atoms with Crippen LogP contribution in [0.5, 0.6) is 0 Å². The fraction of sp³-hybridized carbons (Fsp3) is 0.538. The predicted octanol–water partition coefficient (Wildman–Crippen LogP) is 3.26. The van der Waals surface area contributed by atoms with Gasteiger partial charge in [0, 0.05) is 9.81 Å². The Labute approximate surface area is 116 Å². The van der Waals surface area contributed by atoms with E-state index < -0.39 is 12.1 Å². The predicted molar refractivity (Wildman–Crippen MR) is 74.9 cm³/mol. The quantitative estimate of drug-likeness (QED) is 0.524. The summed E-state index contributed by atoms with van der Waals surface area (Å²) in [6, 6.07) is 7.77. The Bertz CT molecular complexity index is 473. The average molecular weight is 279 g/mol. The second-order valence-electron chi connectivity index (χ2n) is 4.70.